The quantitative estimate of drug-likeness (QED) is 0.898. The summed E-state index contributed by atoms with van der Waals surface area (Å²) in [6, 6.07) is 7.99. The van der Waals surface area contributed by atoms with Crippen LogP contribution in [0.5, 0.6) is 0 Å². The molecule has 0 aliphatic heterocycles. The van der Waals surface area contributed by atoms with Crippen LogP contribution in [0.15, 0.2) is 24.3 Å². The molecule has 0 radical (unpaired) electrons. The molecular formula is C16H19N3O. The molecule has 4 heteroatoms. The van der Waals surface area contributed by atoms with E-state index in [2.05, 4.69) is 41.5 Å². The molecule has 104 valence electrons. The lowest BCUT2D eigenvalue weighted by Crippen LogP contribution is -2.14. The predicted molar refractivity (Wildman–Crippen MR) is 79.1 cm³/mol. The molecule has 2 aromatic rings. The molecule has 1 aromatic heterocycles. The van der Waals surface area contributed by atoms with Crippen LogP contribution in [0.1, 0.15) is 53.5 Å². The van der Waals surface area contributed by atoms with Crippen LogP contribution in [-0.4, -0.2) is 16.1 Å². The summed E-state index contributed by atoms with van der Waals surface area (Å²) < 4.78 is 0. The van der Waals surface area contributed by atoms with Crippen molar-refractivity contribution in [3.63, 3.8) is 0 Å². The molecule has 1 aliphatic rings. The SMILES string of the molecule is CC(C)c1ccc(NC(=O)c2n[nH]c3c2CCC3)cc1. The zero-order chi connectivity index (χ0) is 14.1. The first kappa shape index (κ1) is 12.9. The Bertz CT molecular complexity index is 626. The van der Waals surface area contributed by atoms with Gasteiger partial charge in [0.05, 0.1) is 0 Å². The highest BCUT2D eigenvalue weighted by molar-refractivity contribution is 6.04. The van der Waals surface area contributed by atoms with Crippen molar-refractivity contribution in [3.8, 4) is 0 Å². The molecule has 1 aliphatic carbocycles. The van der Waals surface area contributed by atoms with E-state index in [0.717, 1.165) is 36.2 Å². The van der Waals surface area contributed by atoms with Crippen LogP contribution in [-0.2, 0) is 12.8 Å². The van der Waals surface area contributed by atoms with E-state index in [0.29, 0.717) is 11.6 Å². The van der Waals surface area contributed by atoms with Crippen LogP contribution in [0.25, 0.3) is 0 Å². The van der Waals surface area contributed by atoms with Crippen LogP contribution >= 0.6 is 0 Å². The number of aromatic nitrogens is 2. The Kier molecular flexibility index (Phi) is 3.30. The van der Waals surface area contributed by atoms with Gasteiger partial charge in [0.1, 0.15) is 0 Å². The Morgan fingerprint density at radius 2 is 2.00 bits per heavy atom. The van der Waals surface area contributed by atoms with Gasteiger partial charge in [-0.2, -0.15) is 5.10 Å². The van der Waals surface area contributed by atoms with Crippen molar-refractivity contribution >= 4 is 11.6 Å². The van der Waals surface area contributed by atoms with Crippen molar-refractivity contribution in [3.05, 3.63) is 46.8 Å². The summed E-state index contributed by atoms with van der Waals surface area (Å²) in [6.07, 6.45) is 3.05. The zero-order valence-corrected chi connectivity index (χ0v) is 11.9. The van der Waals surface area contributed by atoms with E-state index in [1.54, 1.807) is 0 Å². The van der Waals surface area contributed by atoms with Gasteiger partial charge in [-0.3, -0.25) is 9.89 Å². The minimum absolute atomic E-state index is 0.123. The van der Waals surface area contributed by atoms with Gasteiger partial charge in [0, 0.05) is 16.9 Å². The molecule has 20 heavy (non-hydrogen) atoms. The van der Waals surface area contributed by atoms with Crippen molar-refractivity contribution in [2.75, 3.05) is 5.32 Å². The van der Waals surface area contributed by atoms with Gasteiger partial charge in [-0.15, -0.1) is 0 Å². The number of nitrogens with zero attached hydrogens (tertiary/aromatic N) is 1. The normalized spacial score (nSPS) is 13.6. The van der Waals surface area contributed by atoms with Crippen LogP contribution in [0, 0.1) is 0 Å². The summed E-state index contributed by atoms with van der Waals surface area (Å²) in [5.41, 5.74) is 4.83. The third kappa shape index (κ3) is 2.33. The minimum atomic E-state index is -0.123. The first-order chi connectivity index (χ1) is 9.65. The van der Waals surface area contributed by atoms with Crippen molar-refractivity contribution in [1.82, 2.24) is 10.2 Å². The molecule has 0 fully saturated rings. The molecular weight excluding hydrogens is 250 g/mol. The van der Waals surface area contributed by atoms with Gasteiger partial charge in [0.2, 0.25) is 0 Å². The number of hydrogen-bond donors (Lipinski definition) is 2. The van der Waals surface area contributed by atoms with Crippen LogP contribution in [0.2, 0.25) is 0 Å². The largest absolute Gasteiger partial charge is 0.321 e. The molecule has 1 heterocycles. The molecule has 0 saturated heterocycles. The second-order valence-corrected chi connectivity index (χ2v) is 5.61. The summed E-state index contributed by atoms with van der Waals surface area (Å²) in [7, 11) is 0. The topological polar surface area (TPSA) is 57.8 Å². The maximum absolute atomic E-state index is 12.3. The molecule has 0 saturated carbocycles. The lowest BCUT2D eigenvalue weighted by atomic mass is 10.0. The van der Waals surface area contributed by atoms with Crippen LogP contribution in [0.3, 0.4) is 0 Å². The summed E-state index contributed by atoms with van der Waals surface area (Å²) in [5.74, 6) is 0.371. The van der Waals surface area contributed by atoms with Gasteiger partial charge in [0.15, 0.2) is 5.69 Å². The Labute approximate surface area is 118 Å². The van der Waals surface area contributed by atoms with Gasteiger partial charge in [-0.1, -0.05) is 26.0 Å². The predicted octanol–water partition coefficient (Wildman–Crippen LogP) is 3.27. The maximum atomic E-state index is 12.3. The number of aryl methyl sites for hydroxylation is 1. The van der Waals surface area contributed by atoms with Crippen LogP contribution in [0.4, 0.5) is 5.69 Å². The molecule has 2 N–H and O–H groups in total. The highest BCUT2D eigenvalue weighted by Crippen LogP contribution is 2.24. The molecule has 0 atom stereocenters. The van der Waals surface area contributed by atoms with Gasteiger partial charge in [-0.25, -0.2) is 0 Å². The fourth-order valence-corrected chi connectivity index (χ4v) is 2.65. The number of anilines is 1. The highest BCUT2D eigenvalue weighted by Gasteiger charge is 2.22. The van der Waals surface area contributed by atoms with Gasteiger partial charge < -0.3 is 5.32 Å². The number of fused-ring (bicyclic) bond motifs is 1. The lowest BCUT2D eigenvalue weighted by Gasteiger charge is -2.08. The standard InChI is InChI=1S/C16H19N3O/c1-10(2)11-6-8-12(9-7-11)17-16(20)15-13-4-3-5-14(13)18-19-15/h6-10H,3-5H2,1-2H3,(H,17,20)(H,18,19). The van der Waals surface area contributed by atoms with E-state index in [1.165, 1.54) is 5.56 Å². The van der Waals surface area contributed by atoms with E-state index in [4.69, 9.17) is 0 Å². The number of carbonyl (C=O) groups excluding carboxylic acids is 1. The van der Waals surface area contributed by atoms with Crippen molar-refractivity contribution in [2.24, 2.45) is 0 Å². The lowest BCUT2D eigenvalue weighted by molar-refractivity contribution is 0.102. The maximum Gasteiger partial charge on any atom is 0.276 e. The molecule has 4 nitrogen and oxygen atoms in total. The monoisotopic (exact) mass is 269 g/mol. The van der Waals surface area contributed by atoms with E-state index >= 15 is 0 Å². The third-order valence-electron chi connectivity index (χ3n) is 3.86. The van der Waals surface area contributed by atoms with Gasteiger partial charge >= 0.3 is 0 Å². The average Bonchev–Trinajstić information content (AvgIpc) is 3.01. The van der Waals surface area contributed by atoms with Crippen molar-refractivity contribution in [1.29, 1.82) is 0 Å². The number of rotatable bonds is 3. The number of nitrogens with one attached hydrogen (secondary N) is 2. The van der Waals surface area contributed by atoms with E-state index in [1.807, 2.05) is 12.1 Å². The molecule has 1 amide bonds. The number of hydrogen-bond acceptors (Lipinski definition) is 2. The molecule has 3 rings (SSSR count). The van der Waals surface area contributed by atoms with Gasteiger partial charge in [0.25, 0.3) is 5.91 Å². The second-order valence-electron chi connectivity index (χ2n) is 5.61. The average molecular weight is 269 g/mol. The van der Waals surface area contributed by atoms with E-state index in [-0.39, 0.29) is 5.91 Å². The summed E-state index contributed by atoms with van der Waals surface area (Å²) in [4.78, 5) is 12.3. The minimum Gasteiger partial charge on any atom is -0.321 e. The number of H-pyrrole nitrogens is 1. The molecule has 0 unspecified atom stereocenters. The van der Waals surface area contributed by atoms with E-state index in [9.17, 15) is 4.79 Å². The smallest absolute Gasteiger partial charge is 0.276 e. The highest BCUT2D eigenvalue weighted by atomic mass is 16.1. The first-order valence-electron chi connectivity index (χ1n) is 7.12. The second kappa shape index (κ2) is 5.12. The first-order valence-corrected chi connectivity index (χ1v) is 7.12. The molecule has 0 spiro atoms. The Morgan fingerprint density at radius 3 is 2.70 bits per heavy atom. The van der Waals surface area contributed by atoms with Crippen molar-refractivity contribution in [2.45, 2.75) is 39.0 Å². The fourth-order valence-electron chi connectivity index (χ4n) is 2.65. The summed E-state index contributed by atoms with van der Waals surface area (Å²) in [5, 5.41) is 10.0. The fraction of sp³-hybridized carbons (Fsp3) is 0.375. The van der Waals surface area contributed by atoms with E-state index < -0.39 is 0 Å². The number of aromatic amines is 1. The Morgan fingerprint density at radius 1 is 1.25 bits per heavy atom. The third-order valence-corrected chi connectivity index (χ3v) is 3.86. The Hall–Kier alpha value is -2.10. The number of benzene rings is 1. The number of carbonyl (C=O) groups is 1. The molecule has 1 aromatic carbocycles. The van der Waals surface area contributed by atoms with Crippen LogP contribution < -0.4 is 5.32 Å². The summed E-state index contributed by atoms with van der Waals surface area (Å²) in [6.45, 7) is 4.31. The zero-order valence-electron chi connectivity index (χ0n) is 11.9. The number of amides is 1. The van der Waals surface area contributed by atoms with Crippen molar-refractivity contribution < 1.29 is 4.79 Å². The Balaban J connectivity index is 1.75. The van der Waals surface area contributed by atoms with Gasteiger partial charge in [-0.05, 0) is 42.9 Å². The molecule has 0 bridgehead atoms. The summed E-state index contributed by atoms with van der Waals surface area (Å²) >= 11 is 0.